The molecule has 5 rings (SSSR count). The number of benzene rings is 3. The van der Waals surface area contributed by atoms with Crippen LogP contribution in [0.4, 0.5) is 5.69 Å². The van der Waals surface area contributed by atoms with Crippen LogP contribution in [0.1, 0.15) is 30.4 Å². The SMILES string of the molecule is N#C[Se]CCCC(=O)Nc1ccc(C2=C(c3ccc(O)cc3)C3CC(S(=O)(=O)Oc4ccccc4)C2O3)cc1. The van der Waals surface area contributed by atoms with Gasteiger partial charge in [-0.3, -0.25) is 0 Å². The van der Waals surface area contributed by atoms with Crippen LogP contribution in [0.3, 0.4) is 0 Å². The minimum atomic E-state index is -4.01. The quantitative estimate of drug-likeness (QED) is 0.196. The number of rotatable bonds is 10. The number of hydrogen-bond donors (Lipinski definition) is 2. The Balaban J connectivity index is 1.43. The summed E-state index contributed by atoms with van der Waals surface area (Å²) < 4.78 is 38.4. The van der Waals surface area contributed by atoms with Crippen molar-refractivity contribution in [2.45, 2.75) is 42.0 Å². The molecule has 10 heteroatoms. The molecule has 3 aromatic rings. The first-order chi connectivity index (χ1) is 18.9. The van der Waals surface area contributed by atoms with Crippen LogP contribution in [0.5, 0.6) is 11.5 Å². The normalized spacial score (nSPS) is 20.0. The van der Waals surface area contributed by atoms with Gasteiger partial charge in [0.05, 0.1) is 0 Å². The molecule has 2 heterocycles. The molecule has 0 aliphatic carbocycles. The van der Waals surface area contributed by atoms with Gasteiger partial charge in [-0.2, -0.15) is 8.42 Å². The van der Waals surface area contributed by atoms with Crippen LogP contribution in [0.2, 0.25) is 5.32 Å². The Kier molecular flexibility index (Phi) is 8.05. The zero-order chi connectivity index (χ0) is 27.4. The number of hydrogen-bond acceptors (Lipinski definition) is 7. The number of phenols is 1. The molecular formula is C29H26N2O6SSe. The van der Waals surface area contributed by atoms with E-state index < -0.39 is 27.6 Å². The summed E-state index contributed by atoms with van der Waals surface area (Å²) in [6.45, 7) is 0. The number of carbonyl (C=O) groups is 1. The molecule has 1 fully saturated rings. The first-order valence-electron chi connectivity index (χ1n) is 12.4. The third-order valence-electron chi connectivity index (χ3n) is 6.69. The molecule has 1 amide bonds. The molecule has 3 unspecified atom stereocenters. The summed E-state index contributed by atoms with van der Waals surface area (Å²) in [5.74, 6) is 0.266. The van der Waals surface area contributed by atoms with Crippen LogP contribution in [-0.2, 0) is 19.6 Å². The van der Waals surface area contributed by atoms with E-state index in [4.69, 9.17) is 14.2 Å². The fourth-order valence-corrected chi connectivity index (χ4v) is 7.19. The van der Waals surface area contributed by atoms with Crippen molar-refractivity contribution in [3.8, 4) is 16.5 Å². The maximum atomic E-state index is 13.3. The van der Waals surface area contributed by atoms with Gasteiger partial charge in [-0.05, 0) is 24.3 Å². The van der Waals surface area contributed by atoms with Crippen molar-refractivity contribution in [1.29, 1.82) is 5.26 Å². The Morgan fingerprint density at radius 3 is 2.38 bits per heavy atom. The van der Waals surface area contributed by atoms with Crippen LogP contribution in [-0.4, -0.2) is 51.8 Å². The van der Waals surface area contributed by atoms with Crippen LogP contribution < -0.4 is 9.50 Å². The number of nitriles is 1. The summed E-state index contributed by atoms with van der Waals surface area (Å²) in [5.41, 5.74) is 3.87. The Bertz CT molecular complexity index is 1520. The first kappa shape index (κ1) is 27.0. The molecule has 8 nitrogen and oxygen atoms in total. The third kappa shape index (κ3) is 6.02. The molecule has 200 valence electrons. The van der Waals surface area contributed by atoms with Crippen LogP contribution in [0.25, 0.3) is 11.1 Å². The molecule has 0 radical (unpaired) electrons. The van der Waals surface area contributed by atoms with Crippen molar-refractivity contribution >= 4 is 47.8 Å². The Hall–Kier alpha value is -3.61. The van der Waals surface area contributed by atoms with E-state index in [1.54, 1.807) is 66.7 Å². The van der Waals surface area contributed by atoms with Gasteiger partial charge in [-0.1, -0.05) is 30.3 Å². The first-order valence-corrected chi connectivity index (χ1v) is 16.0. The number of ether oxygens (including phenoxy) is 1. The van der Waals surface area contributed by atoms with Crippen molar-refractivity contribution in [3.63, 3.8) is 0 Å². The molecule has 3 atom stereocenters. The van der Waals surface area contributed by atoms with Gasteiger partial charge >= 0.3 is 144 Å². The van der Waals surface area contributed by atoms with Crippen molar-refractivity contribution < 1.29 is 27.2 Å². The minimum absolute atomic E-state index is 0.0922. The summed E-state index contributed by atoms with van der Waals surface area (Å²) in [6, 6.07) is 22.4. The molecule has 2 bridgehead atoms. The van der Waals surface area contributed by atoms with Crippen LogP contribution in [0, 0.1) is 10.2 Å². The van der Waals surface area contributed by atoms with E-state index in [1.807, 2.05) is 12.1 Å². The second kappa shape index (κ2) is 11.6. The standard InChI is InChI=1S/C29H26N2O6SSe/c30-18-39-16-4-7-26(33)31-21-12-8-20(9-13-21)28-27(19-10-14-22(32)15-11-19)24-17-25(29(28)36-24)38(34,35)37-23-5-2-1-3-6-23/h1-3,5-6,8-15,24-25,29,32H,4,7,16-17H2,(H,31,33). The summed E-state index contributed by atoms with van der Waals surface area (Å²) >= 11 is -0.0922. The van der Waals surface area contributed by atoms with Gasteiger partial charge in [0.25, 0.3) is 0 Å². The molecule has 39 heavy (non-hydrogen) atoms. The molecule has 0 saturated carbocycles. The summed E-state index contributed by atoms with van der Waals surface area (Å²) in [4.78, 5) is 14.4. The average Bonchev–Trinajstić information content (AvgIpc) is 3.53. The van der Waals surface area contributed by atoms with Crippen LogP contribution in [0.15, 0.2) is 78.9 Å². The molecule has 0 spiro atoms. The third-order valence-corrected chi connectivity index (χ3v) is 9.60. The number of aromatic hydroxyl groups is 1. The topological polar surface area (TPSA) is 126 Å². The van der Waals surface area contributed by atoms with E-state index in [1.165, 1.54) is 0 Å². The fraction of sp³-hybridized carbons (Fsp3) is 0.241. The molecule has 2 aliphatic rings. The molecular weight excluding hydrogens is 583 g/mol. The van der Waals surface area contributed by atoms with E-state index in [0.29, 0.717) is 18.5 Å². The van der Waals surface area contributed by atoms with E-state index in [0.717, 1.165) is 27.6 Å². The van der Waals surface area contributed by atoms with Crippen molar-refractivity contribution in [2.24, 2.45) is 0 Å². The number of anilines is 1. The molecule has 3 aromatic carbocycles. The number of para-hydroxylation sites is 1. The number of nitrogens with zero attached hydrogens (tertiary/aromatic N) is 1. The number of fused-ring (bicyclic) bond motifs is 2. The fourth-order valence-electron chi connectivity index (χ4n) is 4.97. The van der Waals surface area contributed by atoms with Gasteiger partial charge < -0.3 is 9.29 Å². The number of carbonyl (C=O) groups excluding carboxylic acids is 1. The zero-order valence-corrected chi connectivity index (χ0v) is 23.3. The van der Waals surface area contributed by atoms with Gasteiger partial charge in [0.2, 0.25) is 0 Å². The van der Waals surface area contributed by atoms with Crippen molar-refractivity contribution in [2.75, 3.05) is 5.32 Å². The maximum absolute atomic E-state index is 13.3. The monoisotopic (exact) mass is 610 g/mol. The Morgan fingerprint density at radius 1 is 1.03 bits per heavy atom. The molecule has 2 N–H and O–H groups in total. The molecule has 1 saturated heterocycles. The number of phenolic OH excluding ortho intramolecular Hbond substituents is 1. The summed E-state index contributed by atoms with van der Waals surface area (Å²) in [6.07, 6.45) is 0.0699. The van der Waals surface area contributed by atoms with Gasteiger partial charge in [0, 0.05) is 6.42 Å². The van der Waals surface area contributed by atoms with Gasteiger partial charge in [-0.15, -0.1) is 0 Å². The Morgan fingerprint density at radius 2 is 1.69 bits per heavy atom. The summed E-state index contributed by atoms with van der Waals surface area (Å²) in [5, 5.41) is 21.2. The second-order valence-corrected chi connectivity index (χ2v) is 12.9. The molecule has 2 aliphatic heterocycles. The Labute approximate surface area is 233 Å². The van der Waals surface area contributed by atoms with E-state index in [-0.39, 0.29) is 38.8 Å². The van der Waals surface area contributed by atoms with Gasteiger partial charge in [0.15, 0.2) is 0 Å². The predicted molar refractivity (Wildman–Crippen MR) is 148 cm³/mol. The second-order valence-electron chi connectivity index (χ2n) is 9.25. The van der Waals surface area contributed by atoms with Gasteiger partial charge in [0.1, 0.15) is 11.5 Å². The van der Waals surface area contributed by atoms with E-state index >= 15 is 0 Å². The van der Waals surface area contributed by atoms with E-state index in [9.17, 15) is 18.3 Å². The summed E-state index contributed by atoms with van der Waals surface area (Å²) in [7, 11) is -4.01. The van der Waals surface area contributed by atoms with Crippen molar-refractivity contribution in [1.82, 2.24) is 0 Å². The average molecular weight is 610 g/mol. The van der Waals surface area contributed by atoms with E-state index in [2.05, 4.69) is 10.3 Å². The number of amides is 1. The van der Waals surface area contributed by atoms with Crippen molar-refractivity contribution in [3.05, 3.63) is 90.0 Å². The van der Waals surface area contributed by atoms with Crippen LogP contribution >= 0.6 is 0 Å². The van der Waals surface area contributed by atoms with Gasteiger partial charge in [-0.25, -0.2) is 0 Å². The molecule has 0 aromatic heterocycles. The zero-order valence-electron chi connectivity index (χ0n) is 20.8. The number of nitrogens with one attached hydrogen (secondary N) is 1. The predicted octanol–water partition coefficient (Wildman–Crippen LogP) is 4.57.